The zero-order valence-electron chi connectivity index (χ0n) is 19.5. The average molecular weight is 504 g/mol. The lowest BCUT2D eigenvalue weighted by Crippen LogP contribution is -2.30. The van der Waals surface area contributed by atoms with Gasteiger partial charge in [0.25, 0.3) is 0 Å². The molecule has 0 radical (unpaired) electrons. The highest BCUT2D eigenvalue weighted by molar-refractivity contribution is 6.29. The molecule has 0 fully saturated rings. The Bertz CT molecular complexity index is 1600. The number of phenolic OH excluding ortho intramolecular Hbond substituents is 1. The zero-order valence-corrected chi connectivity index (χ0v) is 20.3. The molecule has 0 unspecified atom stereocenters. The van der Waals surface area contributed by atoms with Crippen molar-refractivity contribution in [3.63, 3.8) is 0 Å². The van der Waals surface area contributed by atoms with Crippen molar-refractivity contribution < 1.29 is 9.50 Å². The van der Waals surface area contributed by atoms with Crippen LogP contribution in [-0.4, -0.2) is 46.7 Å². The van der Waals surface area contributed by atoms with Gasteiger partial charge in [-0.15, -0.1) is 0 Å². The second-order valence-electron chi connectivity index (χ2n) is 8.95. The van der Waals surface area contributed by atoms with Crippen molar-refractivity contribution >= 4 is 22.5 Å². The molecule has 0 amide bonds. The number of hydrogen-bond acceptors (Lipinski definition) is 6. The van der Waals surface area contributed by atoms with Crippen LogP contribution in [0.5, 0.6) is 5.75 Å². The SMILES string of the molecule is CCc1cc(O)c(F)cc1-c1ccc2c(-c3nc4c([nH]3)CCN(Cc3cncc(Cl)n3)C4)n[nH]c2c1. The lowest BCUT2D eigenvalue weighted by Gasteiger charge is -2.25. The lowest BCUT2D eigenvalue weighted by atomic mass is 9.96. The third kappa shape index (κ3) is 4.10. The summed E-state index contributed by atoms with van der Waals surface area (Å²) in [5.41, 5.74) is 6.98. The summed E-state index contributed by atoms with van der Waals surface area (Å²) in [5, 5.41) is 18.7. The number of fused-ring (bicyclic) bond motifs is 2. The standard InChI is InChI=1S/C26H23ClFN7O/c1-2-14-8-23(36)19(28)9-18(14)15-3-4-17-21(7-15)33-34-25(17)26-31-20-5-6-35(13-22(20)32-26)12-16-10-29-11-24(27)30-16/h3-4,7-11,36H,2,5-6,12-13H2,1H3,(H,31,32)(H,33,34). The van der Waals surface area contributed by atoms with Gasteiger partial charge in [0.05, 0.1) is 23.1 Å². The predicted molar refractivity (Wildman–Crippen MR) is 135 cm³/mol. The normalized spacial score (nSPS) is 13.9. The lowest BCUT2D eigenvalue weighted by molar-refractivity contribution is 0.238. The van der Waals surface area contributed by atoms with E-state index in [1.807, 2.05) is 25.1 Å². The fraction of sp³-hybridized carbons (Fsp3) is 0.231. The molecule has 0 saturated heterocycles. The molecule has 0 aliphatic carbocycles. The number of aromatic amines is 2. The maximum absolute atomic E-state index is 14.1. The largest absolute Gasteiger partial charge is 0.505 e. The van der Waals surface area contributed by atoms with E-state index in [1.54, 1.807) is 6.20 Å². The molecule has 10 heteroatoms. The maximum atomic E-state index is 14.1. The maximum Gasteiger partial charge on any atom is 0.165 e. The Morgan fingerprint density at radius 1 is 1.17 bits per heavy atom. The van der Waals surface area contributed by atoms with Gasteiger partial charge in [0.1, 0.15) is 10.8 Å². The minimum absolute atomic E-state index is 0.332. The van der Waals surface area contributed by atoms with Gasteiger partial charge in [0, 0.05) is 43.3 Å². The third-order valence-electron chi connectivity index (χ3n) is 6.61. The first kappa shape index (κ1) is 22.6. The predicted octanol–water partition coefficient (Wildman–Crippen LogP) is 5.03. The molecule has 36 heavy (non-hydrogen) atoms. The second kappa shape index (κ2) is 9.00. The Labute approximate surface area is 211 Å². The number of H-pyrrole nitrogens is 2. The fourth-order valence-corrected chi connectivity index (χ4v) is 4.97. The van der Waals surface area contributed by atoms with E-state index in [4.69, 9.17) is 16.6 Å². The molecule has 0 spiro atoms. The van der Waals surface area contributed by atoms with Crippen LogP contribution in [0.1, 0.15) is 29.6 Å². The number of imidazole rings is 1. The summed E-state index contributed by atoms with van der Waals surface area (Å²) in [6.07, 6.45) is 4.78. The quantitative estimate of drug-likeness (QED) is 0.310. The summed E-state index contributed by atoms with van der Waals surface area (Å²) in [4.78, 5) is 19.0. The molecular formula is C26H23ClFN7O. The fourth-order valence-electron chi connectivity index (χ4n) is 4.81. The van der Waals surface area contributed by atoms with Gasteiger partial charge in [-0.1, -0.05) is 24.6 Å². The van der Waals surface area contributed by atoms with E-state index in [9.17, 15) is 9.50 Å². The molecule has 0 saturated carbocycles. The van der Waals surface area contributed by atoms with Crippen LogP contribution in [0.4, 0.5) is 4.39 Å². The van der Waals surface area contributed by atoms with Crippen LogP contribution in [0.3, 0.4) is 0 Å². The van der Waals surface area contributed by atoms with E-state index >= 15 is 0 Å². The summed E-state index contributed by atoms with van der Waals surface area (Å²) in [7, 11) is 0. The molecule has 6 rings (SSSR count). The summed E-state index contributed by atoms with van der Waals surface area (Å²) in [6, 6.07) is 8.74. The first-order valence-electron chi connectivity index (χ1n) is 11.7. The molecule has 3 aromatic heterocycles. The van der Waals surface area contributed by atoms with Crippen molar-refractivity contribution in [1.82, 2.24) is 35.0 Å². The van der Waals surface area contributed by atoms with Crippen LogP contribution in [0.25, 0.3) is 33.5 Å². The minimum atomic E-state index is -0.634. The first-order valence-corrected chi connectivity index (χ1v) is 12.1. The second-order valence-corrected chi connectivity index (χ2v) is 9.34. The van der Waals surface area contributed by atoms with E-state index < -0.39 is 5.82 Å². The minimum Gasteiger partial charge on any atom is -0.505 e. The van der Waals surface area contributed by atoms with Gasteiger partial charge in [0.15, 0.2) is 17.4 Å². The third-order valence-corrected chi connectivity index (χ3v) is 6.79. The van der Waals surface area contributed by atoms with Crippen LogP contribution in [0.15, 0.2) is 42.7 Å². The van der Waals surface area contributed by atoms with E-state index in [2.05, 4.69) is 30.0 Å². The van der Waals surface area contributed by atoms with Crippen LogP contribution >= 0.6 is 11.6 Å². The van der Waals surface area contributed by atoms with Gasteiger partial charge < -0.3 is 10.1 Å². The van der Waals surface area contributed by atoms with E-state index in [1.165, 1.54) is 18.3 Å². The van der Waals surface area contributed by atoms with Crippen molar-refractivity contribution in [1.29, 1.82) is 0 Å². The first-order chi connectivity index (χ1) is 17.5. The van der Waals surface area contributed by atoms with Gasteiger partial charge in [-0.3, -0.25) is 15.0 Å². The van der Waals surface area contributed by atoms with Crippen LogP contribution < -0.4 is 0 Å². The van der Waals surface area contributed by atoms with Gasteiger partial charge in [-0.25, -0.2) is 14.4 Å². The Hall–Kier alpha value is -3.82. The number of aromatic hydroxyl groups is 1. The van der Waals surface area contributed by atoms with Crippen molar-refractivity contribution in [2.24, 2.45) is 0 Å². The smallest absolute Gasteiger partial charge is 0.165 e. The van der Waals surface area contributed by atoms with Crippen LogP contribution in [0, 0.1) is 5.82 Å². The number of nitrogens with zero attached hydrogens (tertiary/aromatic N) is 5. The summed E-state index contributed by atoms with van der Waals surface area (Å²) < 4.78 is 14.1. The topological polar surface area (TPSA) is 107 Å². The van der Waals surface area contributed by atoms with E-state index in [-0.39, 0.29) is 5.75 Å². The number of phenols is 1. The molecule has 3 N–H and O–H groups in total. The molecule has 1 aliphatic heterocycles. The molecule has 2 aromatic carbocycles. The molecule has 0 bridgehead atoms. The molecule has 4 heterocycles. The molecule has 0 atom stereocenters. The number of halogens is 2. The highest BCUT2D eigenvalue weighted by Crippen LogP contribution is 2.34. The summed E-state index contributed by atoms with van der Waals surface area (Å²) in [5.74, 6) is -0.250. The molecule has 5 aromatic rings. The van der Waals surface area contributed by atoms with Gasteiger partial charge in [0.2, 0.25) is 0 Å². The van der Waals surface area contributed by atoms with E-state index in [0.29, 0.717) is 30.5 Å². The van der Waals surface area contributed by atoms with Crippen LogP contribution in [-0.2, 0) is 25.9 Å². The van der Waals surface area contributed by atoms with Crippen molar-refractivity contribution in [2.45, 2.75) is 32.9 Å². The van der Waals surface area contributed by atoms with Crippen molar-refractivity contribution in [2.75, 3.05) is 6.54 Å². The summed E-state index contributed by atoms with van der Waals surface area (Å²) >= 11 is 5.98. The molecule has 8 nitrogen and oxygen atoms in total. The number of nitrogens with one attached hydrogen (secondary N) is 2. The average Bonchev–Trinajstić information content (AvgIpc) is 3.48. The van der Waals surface area contributed by atoms with Gasteiger partial charge in [-0.05, 0) is 47.4 Å². The highest BCUT2D eigenvalue weighted by Gasteiger charge is 2.23. The Kier molecular flexibility index (Phi) is 5.66. The molecular weight excluding hydrogens is 481 g/mol. The molecule has 182 valence electrons. The number of benzene rings is 2. The van der Waals surface area contributed by atoms with Crippen molar-refractivity contribution in [3.05, 3.63) is 76.3 Å². The Balaban J connectivity index is 1.28. The summed E-state index contributed by atoms with van der Waals surface area (Å²) in [6.45, 7) is 4.20. The number of hydrogen-bond donors (Lipinski definition) is 3. The van der Waals surface area contributed by atoms with E-state index in [0.717, 1.165) is 63.3 Å². The Morgan fingerprint density at radius 3 is 2.89 bits per heavy atom. The zero-order chi connectivity index (χ0) is 24.8. The van der Waals surface area contributed by atoms with Crippen molar-refractivity contribution in [3.8, 4) is 28.4 Å². The number of aromatic nitrogens is 6. The van der Waals surface area contributed by atoms with Gasteiger partial charge >= 0.3 is 0 Å². The highest BCUT2D eigenvalue weighted by atomic mass is 35.5. The monoisotopic (exact) mass is 503 g/mol. The van der Waals surface area contributed by atoms with Crippen LogP contribution in [0.2, 0.25) is 5.15 Å². The number of aryl methyl sites for hydroxylation is 1. The molecule has 1 aliphatic rings. The van der Waals surface area contributed by atoms with Gasteiger partial charge in [-0.2, -0.15) is 5.10 Å². The Morgan fingerprint density at radius 2 is 2.06 bits per heavy atom. The number of rotatable bonds is 5.